The van der Waals surface area contributed by atoms with Crippen molar-refractivity contribution in [2.75, 3.05) is 5.32 Å². The van der Waals surface area contributed by atoms with E-state index in [-0.39, 0.29) is 16.5 Å². The molecule has 5 aromatic rings. The van der Waals surface area contributed by atoms with Crippen LogP contribution in [0.3, 0.4) is 0 Å². The van der Waals surface area contributed by atoms with Crippen molar-refractivity contribution >= 4 is 29.1 Å². The predicted molar refractivity (Wildman–Crippen MR) is 148 cm³/mol. The Balaban J connectivity index is 1.51. The van der Waals surface area contributed by atoms with Gasteiger partial charge < -0.3 is 9.88 Å². The van der Waals surface area contributed by atoms with E-state index in [4.69, 9.17) is 17.3 Å². The Bertz CT molecular complexity index is 1660. The first kappa shape index (κ1) is 25.0. The molecule has 0 atom stereocenters. The largest absolute Gasteiger partial charge is 0.317 e. The maximum atomic E-state index is 14.6. The standard InChI is InChI=1S/C29H23F2N5OS/c1-18-16-22(19(2)35(18)26-15-9-8-14-24(26)31)25-17-27(36(34-25)20-10-4-3-5-11-20)32-29(38)33-28(37)21-12-6-7-13-23(21)30/h3-17H,1-2H3,(H2,32,33,37,38). The Labute approximate surface area is 223 Å². The molecule has 190 valence electrons. The van der Waals surface area contributed by atoms with Gasteiger partial charge in [0.2, 0.25) is 0 Å². The van der Waals surface area contributed by atoms with Gasteiger partial charge in [0, 0.05) is 23.0 Å². The number of rotatable bonds is 5. The van der Waals surface area contributed by atoms with Crippen molar-refractivity contribution in [1.29, 1.82) is 0 Å². The van der Waals surface area contributed by atoms with Gasteiger partial charge in [0.15, 0.2) is 5.11 Å². The van der Waals surface area contributed by atoms with Crippen LogP contribution in [0.4, 0.5) is 14.6 Å². The first-order valence-corrected chi connectivity index (χ1v) is 12.2. The Morgan fingerprint density at radius 2 is 1.53 bits per heavy atom. The number of anilines is 1. The van der Waals surface area contributed by atoms with Gasteiger partial charge in [-0.3, -0.25) is 10.1 Å². The van der Waals surface area contributed by atoms with Gasteiger partial charge in [0.25, 0.3) is 5.91 Å². The molecule has 0 aliphatic rings. The summed E-state index contributed by atoms with van der Waals surface area (Å²) in [7, 11) is 0. The molecule has 2 heterocycles. The van der Waals surface area contributed by atoms with Gasteiger partial charge in [0.05, 0.1) is 22.6 Å². The summed E-state index contributed by atoms with van der Waals surface area (Å²) in [5, 5.41) is 10.3. The molecule has 0 saturated heterocycles. The van der Waals surface area contributed by atoms with Crippen LogP contribution in [-0.4, -0.2) is 25.4 Å². The zero-order valence-corrected chi connectivity index (χ0v) is 21.4. The third-order valence-corrected chi connectivity index (χ3v) is 6.30. The summed E-state index contributed by atoms with van der Waals surface area (Å²) < 4.78 is 32.2. The normalized spacial score (nSPS) is 10.8. The molecular weight excluding hydrogens is 504 g/mol. The fourth-order valence-corrected chi connectivity index (χ4v) is 4.55. The van der Waals surface area contributed by atoms with Gasteiger partial charge in [0.1, 0.15) is 17.5 Å². The fourth-order valence-electron chi connectivity index (χ4n) is 4.36. The lowest BCUT2D eigenvalue weighted by atomic mass is 10.2. The highest BCUT2D eigenvalue weighted by Crippen LogP contribution is 2.32. The van der Waals surface area contributed by atoms with E-state index in [0.29, 0.717) is 17.2 Å². The summed E-state index contributed by atoms with van der Waals surface area (Å²) >= 11 is 5.37. The maximum absolute atomic E-state index is 14.6. The molecule has 0 radical (unpaired) electrons. The number of nitrogens with zero attached hydrogens (tertiary/aromatic N) is 3. The highest BCUT2D eigenvalue weighted by molar-refractivity contribution is 7.80. The van der Waals surface area contributed by atoms with E-state index in [1.54, 1.807) is 35.0 Å². The second kappa shape index (κ2) is 10.4. The lowest BCUT2D eigenvalue weighted by molar-refractivity contribution is 0.0974. The number of para-hydroxylation sites is 2. The summed E-state index contributed by atoms with van der Waals surface area (Å²) in [6, 6.07) is 25.4. The zero-order chi connectivity index (χ0) is 26.8. The van der Waals surface area contributed by atoms with Crippen LogP contribution in [0, 0.1) is 25.5 Å². The quantitative estimate of drug-likeness (QED) is 0.262. The number of aryl methyl sites for hydroxylation is 1. The number of carbonyl (C=O) groups is 1. The van der Waals surface area contributed by atoms with E-state index >= 15 is 0 Å². The monoisotopic (exact) mass is 527 g/mol. The van der Waals surface area contributed by atoms with Crippen LogP contribution in [-0.2, 0) is 0 Å². The molecule has 0 aliphatic carbocycles. The lowest BCUT2D eigenvalue weighted by Gasteiger charge is -2.11. The molecule has 2 N–H and O–H groups in total. The van der Waals surface area contributed by atoms with Crippen molar-refractivity contribution in [2.24, 2.45) is 0 Å². The first-order chi connectivity index (χ1) is 18.3. The van der Waals surface area contributed by atoms with Crippen molar-refractivity contribution in [2.45, 2.75) is 13.8 Å². The molecule has 0 saturated carbocycles. The Morgan fingerprint density at radius 3 is 2.24 bits per heavy atom. The van der Waals surface area contributed by atoms with Gasteiger partial charge in [-0.25, -0.2) is 13.5 Å². The van der Waals surface area contributed by atoms with E-state index in [0.717, 1.165) is 22.6 Å². The fraction of sp³-hybridized carbons (Fsp3) is 0.0690. The molecule has 5 rings (SSSR count). The maximum Gasteiger partial charge on any atom is 0.260 e. The van der Waals surface area contributed by atoms with Crippen LogP contribution in [0.15, 0.2) is 91.0 Å². The van der Waals surface area contributed by atoms with Crippen LogP contribution in [0.5, 0.6) is 0 Å². The molecule has 6 nitrogen and oxygen atoms in total. The summed E-state index contributed by atoms with van der Waals surface area (Å²) in [5.74, 6) is -1.15. The molecular formula is C29H23F2N5OS. The van der Waals surface area contributed by atoms with Gasteiger partial charge in [-0.15, -0.1) is 0 Å². The molecule has 38 heavy (non-hydrogen) atoms. The second-order valence-corrected chi connectivity index (χ2v) is 9.03. The summed E-state index contributed by atoms with van der Waals surface area (Å²) in [6.45, 7) is 3.81. The number of benzene rings is 3. The molecule has 9 heteroatoms. The topological polar surface area (TPSA) is 63.9 Å². The Kier molecular flexibility index (Phi) is 6.85. The number of carbonyl (C=O) groups excluding carboxylic acids is 1. The van der Waals surface area contributed by atoms with Crippen molar-refractivity contribution in [3.8, 4) is 22.6 Å². The molecule has 0 fully saturated rings. The van der Waals surface area contributed by atoms with E-state index in [1.807, 2.05) is 54.8 Å². The van der Waals surface area contributed by atoms with Crippen LogP contribution in [0.25, 0.3) is 22.6 Å². The number of aromatic nitrogens is 3. The average molecular weight is 528 g/mol. The number of halogens is 2. The third kappa shape index (κ3) is 4.83. The molecule has 3 aromatic carbocycles. The number of hydrogen-bond acceptors (Lipinski definition) is 3. The second-order valence-electron chi connectivity index (χ2n) is 8.62. The molecule has 0 bridgehead atoms. The molecule has 0 spiro atoms. The number of hydrogen-bond donors (Lipinski definition) is 2. The average Bonchev–Trinajstić information content (AvgIpc) is 3.45. The predicted octanol–water partition coefficient (Wildman–Crippen LogP) is 6.35. The number of amides is 1. The Morgan fingerprint density at radius 1 is 0.868 bits per heavy atom. The molecule has 0 aliphatic heterocycles. The molecule has 2 aromatic heterocycles. The lowest BCUT2D eigenvalue weighted by Crippen LogP contribution is -2.35. The van der Waals surface area contributed by atoms with Crippen LogP contribution in [0.2, 0.25) is 0 Å². The summed E-state index contributed by atoms with van der Waals surface area (Å²) in [4.78, 5) is 12.6. The van der Waals surface area contributed by atoms with E-state index in [9.17, 15) is 13.6 Å². The highest BCUT2D eigenvalue weighted by Gasteiger charge is 2.20. The minimum atomic E-state index is -0.667. The van der Waals surface area contributed by atoms with Gasteiger partial charge in [-0.2, -0.15) is 5.10 Å². The van der Waals surface area contributed by atoms with Crippen molar-refractivity contribution < 1.29 is 13.6 Å². The zero-order valence-electron chi connectivity index (χ0n) is 20.6. The first-order valence-electron chi connectivity index (χ1n) is 11.8. The summed E-state index contributed by atoms with van der Waals surface area (Å²) in [6.07, 6.45) is 0. The minimum absolute atomic E-state index is 0.0151. The number of nitrogens with one attached hydrogen (secondary N) is 2. The minimum Gasteiger partial charge on any atom is -0.317 e. The highest BCUT2D eigenvalue weighted by atomic mass is 32.1. The van der Waals surface area contributed by atoms with Gasteiger partial charge in [-0.1, -0.05) is 42.5 Å². The summed E-state index contributed by atoms with van der Waals surface area (Å²) in [5.41, 5.74) is 4.18. The van der Waals surface area contributed by atoms with E-state index < -0.39 is 11.7 Å². The smallest absolute Gasteiger partial charge is 0.260 e. The van der Waals surface area contributed by atoms with Gasteiger partial charge >= 0.3 is 0 Å². The Hall–Kier alpha value is -4.63. The molecule has 0 unspecified atom stereocenters. The third-order valence-electron chi connectivity index (χ3n) is 6.10. The van der Waals surface area contributed by atoms with E-state index in [2.05, 4.69) is 10.6 Å². The number of thiocarbonyl (C=S) groups is 1. The van der Waals surface area contributed by atoms with Crippen LogP contribution < -0.4 is 10.6 Å². The van der Waals surface area contributed by atoms with E-state index in [1.165, 1.54) is 24.3 Å². The van der Waals surface area contributed by atoms with Crippen molar-refractivity contribution in [3.05, 3.63) is 120 Å². The van der Waals surface area contributed by atoms with Gasteiger partial charge in [-0.05, 0) is 68.5 Å². The SMILES string of the molecule is Cc1cc(-c2cc(NC(=S)NC(=O)c3ccccc3F)n(-c3ccccc3)n2)c(C)n1-c1ccccc1F. The van der Waals surface area contributed by atoms with Crippen molar-refractivity contribution in [1.82, 2.24) is 19.7 Å². The molecule has 1 amide bonds. The van der Waals surface area contributed by atoms with Crippen molar-refractivity contribution in [3.63, 3.8) is 0 Å². The van der Waals surface area contributed by atoms with Crippen LogP contribution >= 0.6 is 12.2 Å². The van der Waals surface area contributed by atoms with Crippen LogP contribution in [0.1, 0.15) is 21.7 Å².